The Labute approximate surface area is 412 Å². The zero-order chi connectivity index (χ0) is 46.6. The summed E-state index contributed by atoms with van der Waals surface area (Å²) in [5, 5.41) is 7.01. The fourth-order valence-corrected chi connectivity index (χ4v) is 12.5. The maximum atomic E-state index is 7.06. The molecular weight excluding hydrogens is 859 g/mol. The summed E-state index contributed by atoms with van der Waals surface area (Å²) >= 11 is 0. The second-order valence-corrected chi connectivity index (χ2v) is 19.0. The van der Waals surface area contributed by atoms with Gasteiger partial charge in [-0.05, 0) is 114 Å². The molecule has 0 N–H and O–H groups in total. The molecule has 2 nitrogen and oxygen atoms in total. The third kappa shape index (κ3) is 5.71. The summed E-state index contributed by atoms with van der Waals surface area (Å²) in [4.78, 5) is 2.50. The van der Waals surface area contributed by atoms with Crippen LogP contribution in [0.25, 0.3) is 99.1 Å². The van der Waals surface area contributed by atoms with Crippen LogP contribution in [-0.2, 0) is 5.41 Å². The van der Waals surface area contributed by atoms with Gasteiger partial charge >= 0.3 is 0 Å². The Morgan fingerprint density at radius 1 is 0.282 bits per heavy atom. The molecule has 1 heterocycles. The molecule has 15 rings (SSSR count). The van der Waals surface area contributed by atoms with E-state index in [9.17, 15) is 0 Å². The Balaban J connectivity index is 0.962. The minimum atomic E-state index is -0.484. The number of nitrogens with zero attached hydrogens (tertiary/aromatic N) is 1. The summed E-state index contributed by atoms with van der Waals surface area (Å²) in [5.74, 6) is 0. The summed E-state index contributed by atoms with van der Waals surface area (Å²) in [6.45, 7) is 0. The molecule has 2 aliphatic carbocycles. The van der Waals surface area contributed by atoms with E-state index in [2.05, 4.69) is 266 Å². The Bertz CT molecular complexity index is 4260. The lowest BCUT2D eigenvalue weighted by Crippen LogP contribution is -2.26. The van der Waals surface area contributed by atoms with Gasteiger partial charge in [0.15, 0.2) is 0 Å². The normalized spacial score (nSPS) is 12.9. The van der Waals surface area contributed by atoms with Crippen LogP contribution in [0.2, 0.25) is 0 Å². The van der Waals surface area contributed by atoms with Crippen molar-refractivity contribution in [3.8, 4) is 55.6 Å². The molecule has 0 radical (unpaired) electrons. The number of furan rings is 1. The summed E-state index contributed by atoms with van der Waals surface area (Å²) < 4.78 is 7.06. The molecule has 330 valence electrons. The molecule has 0 saturated heterocycles. The summed E-state index contributed by atoms with van der Waals surface area (Å²) in [6, 6.07) is 96.0. The van der Waals surface area contributed by atoms with Crippen LogP contribution in [0.1, 0.15) is 22.3 Å². The first-order valence-corrected chi connectivity index (χ1v) is 24.6. The lowest BCUT2D eigenvalue weighted by Gasteiger charge is -2.32. The molecule has 71 heavy (non-hydrogen) atoms. The second-order valence-electron chi connectivity index (χ2n) is 19.0. The smallest absolute Gasteiger partial charge is 0.143 e. The van der Waals surface area contributed by atoms with Crippen molar-refractivity contribution in [2.24, 2.45) is 0 Å². The number of fused-ring (bicyclic) bond motifs is 16. The minimum absolute atomic E-state index is 0.484. The van der Waals surface area contributed by atoms with Gasteiger partial charge in [-0.2, -0.15) is 0 Å². The molecule has 13 aromatic rings. The molecule has 0 aliphatic heterocycles. The van der Waals surface area contributed by atoms with Crippen LogP contribution in [-0.4, -0.2) is 0 Å². The van der Waals surface area contributed by atoms with Crippen molar-refractivity contribution >= 4 is 60.5 Å². The first kappa shape index (κ1) is 39.7. The lowest BCUT2D eigenvalue weighted by molar-refractivity contribution is 0.674. The molecule has 2 aliphatic rings. The number of hydrogen-bond acceptors (Lipinski definition) is 2. The van der Waals surface area contributed by atoms with Crippen molar-refractivity contribution in [2.45, 2.75) is 5.41 Å². The molecule has 0 saturated carbocycles. The molecule has 0 amide bonds. The van der Waals surface area contributed by atoms with Crippen molar-refractivity contribution in [1.29, 1.82) is 0 Å². The zero-order valence-electron chi connectivity index (χ0n) is 38.7. The molecule has 0 atom stereocenters. The van der Waals surface area contributed by atoms with Crippen molar-refractivity contribution in [2.75, 3.05) is 4.90 Å². The van der Waals surface area contributed by atoms with Gasteiger partial charge in [-0.15, -0.1) is 0 Å². The first-order valence-electron chi connectivity index (χ1n) is 24.6. The molecular formula is C69H43NO. The van der Waals surface area contributed by atoms with Gasteiger partial charge in [-0.25, -0.2) is 0 Å². The van der Waals surface area contributed by atoms with E-state index < -0.39 is 5.41 Å². The van der Waals surface area contributed by atoms with Gasteiger partial charge in [0.25, 0.3) is 0 Å². The van der Waals surface area contributed by atoms with Gasteiger partial charge in [-0.3, -0.25) is 0 Å². The predicted octanol–water partition coefficient (Wildman–Crippen LogP) is 18.7. The number of benzene rings is 12. The van der Waals surface area contributed by atoms with Crippen LogP contribution in [0.15, 0.2) is 265 Å². The molecule has 1 spiro atoms. The van der Waals surface area contributed by atoms with Crippen LogP contribution < -0.4 is 4.90 Å². The third-order valence-electron chi connectivity index (χ3n) is 15.5. The maximum Gasteiger partial charge on any atom is 0.143 e. The Hall–Kier alpha value is -9.24. The highest BCUT2D eigenvalue weighted by molar-refractivity contribution is 6.18. The van der Waals surface area contributed by atoms with Crippen LogP contribution in [0.5, 0.6) is 0 Å². The van der Waals surface area contributed by atoms with E-state index >= 15 is 0 Å². The van der Waals surface area contributed by atoms with Gasteiger partial charge in [0.2, 0.25) is 0 Å². The largest absolute Gasteiger partial charge is 0.455 e. The van der Waals surface area contributed by atoms with E-state index in [1.54, 1.807) is 0 Å². The van der Waals surface area contributed by atoms with Crippen molar-refractivity contribution in [3.63, 3.8) is 0 Å². The van der Waals surface area contributed by atoms with Gasteiger partial charge in [0.05, 0.1) is 16.8 Å². The van der Waals surface area contributed by atoms with Gasteiger partial charge < -0.3 is 9.32 Å². The topological polar surface area (TPSA) is 16.4 Å². The van der Waals surface area contributed by atoms with Gasteiger partial charge in [0.1, 0.15) is 11.2 Å². The summed E-state index contributed by atoms with van der Waals surface area (Å²) in [5.41, 5.74) is 21.8. The molecule has 12 aromatic carbocycles. The number of para-hydroxylation sites is 2. The SMILES string of the molecule is c1cc(-c2ccc(N(c3ccccc3-c3cccc4c3oc3c5ccccc5ccc43)c3cccc4c3-c3ccccc3C43c4ccccc4-c4ccccc43)cc2)cc(-c2cccc3ccccc23)c1. The van der Waals surface area contributed by atoms with Crippen LogP contribution in [0.4, 0.5) is 17.1 Å². The second kappa shape index (κ2) is 15.4. The fraction of sp³-hybridized carbons (Fsp3) is 0.0145. The maximum absolute atomic E-state index is 7.06. The van der Waals surface area contributed by atoms with E-state index in [1.165, 1.54) is 77.4 Å². The zero-order valence-corrected chi connectivity index (χ0v) is 38.7. The quantitative estimate of drug-likeness (QED) is 0.165. The predicted molar refractivity (Wildman–Crippen MR) is 296 cm³/mol. The van der Waals surface area contributed by atoms with Crippen molar-refractivity contribution < 1.29 is 4.42 Å². The fourth-order valence-electron chi connectivity index (χ4n) is 12.5. The van der Waals surface area contributed by atoms with Crippen LogP contribution in [0.3, 0.4) is 0 Å². The first-order chi connectivity index (χ1) is 35.2. The van der Waals surface area contributed by atoms with Crippen molar-refractivity contribution in [3.05, 3.63) is 283 Å². The van der Waals surface area contributed by atoms with E-state index in [1.807, 2.05) is 0 Å². The lowest BCUT2D eigenvalue weighted by atomic mass is 9.70. The Morgan fingerprint density at radius 3 is 1.58 bits per heavy atom. The monoisotopic (exact) mass is 901 g/mol. The highest BCUT2D eigenvalue weighted by Gasteiger charge is 2.52. The molecule has 1 aromatic heterocycles. The average molecular weight is 902 g/mol. The van der Waals surface area contributed by atoms with Gasteiger partial charge in [-0.1, -0.05) is 224 Å². The van der Waals surface area contributed by atoms with Crippen LogP contribution in [0, 0.1) is 0 Å². The van der Waals surface area contributed by atoms with Gasteiger partial charge in [0, 0.05) is 38.5 Å². The van der Waals surface area contributed by atoms with E-state index in [0.717, 1.165) is 61.1 Å². The standard InChI is InChI=1S/C69H43NO/c1-3-22-50-45(17-1)19-14-28-51(50)48-21-13-20-47(43-48)44-37-40-49(41-38-44)70(64-35-12-8-26-55(64)56-29-15-30-57-58-42-39-46-18-2-4-23-52(46)67(58)71-68(56)57)65-36-16-34-63-66(65)59-27-7-11-33-62(59)69(63)60-31-9-5-24-53(60)54-25-6-10-32-61(54)69/h1-43H. The van der Waals surface area contributed by atoms with Crippen molar-refractivity contribution in [1.82, 2.24) is 0 Å². The summed E-state index contributed by atoms with van der Waals surface area (Å²) in [6.07, 6.45) is 0. The van der Waals surface area contributed by atoms with E-state index in [4.69, 9.17) is 4.42 Å². The minimum Gasteiger partial charge on any atom is -0.455 e. The van der Waals surface area contributed by atoms with E-state index in [0.29, 0.717) is 0 Å². The van der Waals surface area contributed by atoms with Crippen LogP contribution >= 0.6 is 0 Å². The number of anilines is 3. The van der Waals surface area contributed by atoms with E-state index in [-0.39, 0.29) is 0 Å². The number of rotatable bonds is 6. The number of hydrogen-bond donors (Lipinski definition) is 0. The average Bonchev–Trinajstić information content (AvgIpc) is 4.10. The highest BCUT2D eigenvalue weighted by Crippen LogP contribution is 2.65. The Kier molecular flexibility index (Phi) is 8.61. The summed E-state index contributed by atoms with van der Waals surface area (Å²) in [7, 11) is 0. The molecule has 0 unspecified atom stereocenters. The molecule has 0 bridgehead atoms. The highest BCUT2D eigenvalue weighted by atomic mass is 16.3. The molecule has 0 fully saturated rings. The molecule has 2 heteroatoms. The Morgan fingerprint density at radius 2 is 0.789 bits per heavy atom. The third-order valence-corrected chi connectivity index (χ3v) is 15.5.